The lowest BCUT2D eigenvalue weighted by molar-refractivity contribution is 0.0729. The second-order valence-electron chi connectivity index (χ2n) is 6.02. The SMILES string of the molecule is O=C(c1ccc(-n2ccnc2)nc1)N(Cc1ccccc1)C1CC1. The molecule has 5 heteroatoms. The van der Waals surface area contributed by atoms with Crippen LogP contribution in [-0.2, 0) is 6.54 Å². The second-order valence-corrected chi connectivity index (χ2v) is 6.02. The fourth-order valence-corrected chi connectivity index (χ4v) is 2.76. The van der Waals surface area contributed by atoms with Gasteiger partial charge in [0.1, 0.15) is 12.1 Å². The molecule has 1 saturated carbocycles. The van der Waals surface area contributed by atoms with Gasteiger partial charge in [-0.15, -0.1) is 0 Å². The number of hydrogen-bond donors (Lipinski definition) is 0. The molecular weight excluding hydrogens is 300 g/mol. The zero-order chi connectivity index (χ0) is 16.4. The molecule has 1 fully saturated rings. The van der Waals surface area contributed by atoms with E-state index in [4.69, 9.17) is 0 Å². The third kappa shape index (κ3) is 3.06. The predicted octanol–water partition coefficient (Wildman–Crippen LogP) is 3.07. The molecule has 0 radical (unpaired) electrons. The first-order chi connectivity index (χ1) is 11.8. The first kappa shape index (κ1) is 14.6. The van der Waals surface area contributed by atoms with Gasteiger partial charge in [0.25, 0.3) is 5.91 Å². The number of pyridine rings is 1. The highest BCUT2D eigenvalue weighted by Gasteiger charge is 2.33. The molecule has 1 amide bonds. The molecule has 1 aromatic carbocycles. The van der Waals surface area contributed by atoms with Gasteiger partial charge < -0.3 is 4.90 Å². The van der Waals surface area contributed by atoms with Gasteiger partial charge in [0.05, 0.1) is 5.56 Å². The van der Waals surface area contributed by atoms with Crippen LogP contribution in [-0.4, -0.2) is 31.4 Å². The fraction of sp³-hybridized carbons (Fsp3) is 0.211. The van der Waals surface area contributed by atoms with Crippen molar-refractivity contribution in [2.24, 2.45) is 0 Å². The average Bonchev–Trinajstić information content (AvgIpc) is 3.33. The summed E-state index contributed by atoms with van der Waals surface area (Å²) in [7, 11) is 0. The van der Waals surface area contributed by atoms with Crippen molar-refractivity contribution in [3.8, 4) is 5.82 Å². The van der Waals surface area contributed by atoms with Crippen LogP contribution in [0.25, 0.3) is 5.82 Å². The largest absolute Gasteiger partial charge is 0.331 e. The van der Waals surface area contributed by atoms with E-state index in [9.17, 15) is 4.79 Å². The zero-order valence-electron chi connectivity index (χ0n) is 13.2. The summed E-state index contributed by atoms with van der Waals surface area (Å²) in [6.45, 7) is 0.646. The number of rotatable bonds is 5. The van der Waals surface area contributed by atoms with Crippen LogP contribution >= 0.6 is 0 Å². The monoisotopic (exact) mass is 318 g/mol. The molecule has 2 aromatic heterocycles. The molecule has 0 N–H and O–H groups in total. The van der Waals surface area contributed by atoms with Crippen molar-refractivity contribution in [3.05, 3.63) is 78.5 Å². The van der Waals surface area contributed by atoms with Crippen LogP contribution in [0.4, 0.5) is 0 Å². The van der Waals surface area contributed by atoms with Gasteiger partial charge in [-0.1, -0.05) is 30.3 Å². The van der Waals surface area contributed by atoms with E-state index in [2.05, 4.69) is 22.1 Å². The number of hydrogen-bond acceptors (Lipinski definition) is 3. The molecule has 0 saturated heterocycles. The Morgan fingerprint density at radius 2 is 2.00 bits per heavy atom. The summed E-state index contributed by atoms with van der Waals surface area (Å²) in [5.74, 6) is 0.802. The highest BCUT2D eigenvalue weighted by Crippen LogP contribution is 2.29. The lowest BCUT2D eigenvalue weighted by Gasteiger charge is -2.22. The second kappa shape index (κ2) is 6.28. The molecule has 3 aromatic rings. The van der Waals surface area contributed by atoms with E-state index in [0.717, 1.165) is 24.2 Å². The molecule has 0 bridgehead atoms. The van der Waals surface area contributed by atoms with Gasteiger partial charge in [0, 0.05) is 31.2 Å². The van der Waals surface area contributed by atoms with Crippen molar-refractivity contribution in [3.63, 3.8) is 0 Å². The van der Waals surface area contributed by atoms with Crippen molar-refractivity contribution in [2.75, 3.05) is 0 Å². The summed E-state index contributed by atoms with van der Waals surface area (Å²) in [6.07, 6.45) is 9.04. The van der Waals surface area contributed by atoms with Crippen molar-refractivity contribution >= 4 is 5.91 Å². The summed E-state index contributed by atoms with van der Waals surface area (Å²) in [5, 5.41) is 0. The number of nitrogens with zero attached hydrogens (tertiary/aromatic N) is 4. The third-order valence-electron chi connectivity index (χ3n) is 4.21. The number of aromatic nitrogens is 3. The number of amides is 1. The van der Waals surface area contributed by atoms with Crippen molar-refractivity contribution in [1.29, 1.82) is 0 Å². The van der Waals surface area contributed by atoms with E-state index in [-0.39, 0.29) is 5.91 Å². The molecule has 1 aliphatic carbocycles. The Bertz CT molecular complexity index is 808. The maximum atomic E-state index is 12.9. The molecule has 2 heterocycles. The molecule has 0 aliphatic heterocycles. The molecule has 24 heavy (non-hydrogen) atoms. The van der Waals surface area contributed by atoms with Gasteiger partial charge in [-0.25, -0.2) is 9.97 Å². The van der Waals surface area contributed by atoms with Crippen LogP contribution in [0, 0.1) is 0 Å². The van der Waals surface area contributed by atoms with Crippen LogP contribution in [0.1, 0.15) is 28.8 Å². The highest BCUT2D eigenvalue weighted by atomic mass is 16.2. The fourth-order valence-electron chi connectivity index (χ4n) is 2.76. The number of imidazole rings is 1. The predicted molar refractivity (Wildman–Crippen MR) is 90.7 cm³/mol. The first-order valence-corrected chi connectivity index (χ1v) is 8.10. The van der Waals surface area contributed by atoms with E-state index in [1.54, 1.807) is 18.7 Å². The van der Waals surface area contributed by atoms with Gasteiger partial charge in [0.15, 0.2) is 0 Å². The number of carbonyl (C=O) groups excluding carboxylic acids is 1. The van der Waals surface area contributed by atoms with Crippen molar-refractivity contribution in [2.45, 2.75) is 25.4 Å². The maximum absolute atomic E-state index is 12.9. The lowest BCUT2D eigenvalue weighted by Crippen LogP contribution is -2.32. The van der Waals surface area contributed by atoms with E-state index < -0.39 is 0 Å². The smallest absolute Gasteiger partial charge is 0.255 e. The summed E-state index contributed by atoms with van der Waals surface area (Å²) in [5.41, 5.74) is 1.78. The molecule has 0 atom stereocenters. The number of carbonyl (C=O) groups is 1. The quantitative estimate of drug-likeness (QED) is 0.726. The molecular formula is C19H18N4O. The summed E-state index contributed by atoms with van der Waals surface area (Å²) in [4.78, 5) is 23.3. The van der Waals surface area contributed by atoms with Crippen LogP contribution in [0.2, 0.25) is 0 Å². The Labute approximate surface area is 140 Å². The first-order valence-electron chi connectivity index (χ1n) is 8.10. The van der Waals surface area contributed by atoms with Gasteiger partial charge in [-0.3, -0.25) is 9.36 Å². The van der Waals surface area contributed by atoms with Gasteiger partial charge >= 0.3 is 0 Å². The van der Waals surface area contributed by atoms with Crippen LogP contribution < -0.4 is 0 Å². The maximum Gasteiger partial charge on any atom is 0.255 e. The molecule has 5 nitrogen and oxygen atoms in total. The molecule has 120 valence electrons. The molecule has 0 spiro atoms. The minimum atomic E-state index is 0.0473. The van der Waals surface area contributed by atoms with Crippen molar-refractivity contribution < 1.29 is 4.79 Å². The molecule has 1 aliphatic rings. The van der Waals surface area contributed by atoms with Gasteiger partial charge in [-0.2, -0.15) is 0 Å². The summed E-state index contributed by atoms with van der Waals surface area (Å²) < 4.78 is 1.82. The normalized spacial score (nSPS) is 13.7. The minimum absolute atomic E-state index is 0.0473. The molecule has 0 unspecified atom stereocenters. The van der Waals surface area contributed by atoms with Gasteiger partial charge in [-0.05, 0) is 30.5 Å². The molecule has 4 rings (SSSR count). The lowest BCUT2D eigenvalue weighted by atomic mass is 10.2. The van der Waals surface area contributed by atoms with E-state index in [1.165, 1.54) is 0 Å². The summed E-state index contributed by atoms with van der Waals surface area (Å²) in [6, 6.07) is 14.2. The highest BCUT2D eigenvalue weighted by molar-refractivity contribution is 5.94. The average molecular weight is 318 g/mol. The van der Waals surface area contributed by atoms with E-state index in [1.807, 2.05) is 46.0 Å². The standard InChI is InChI=1S/C19H18N4O/c24-19(16-6-9-18(21-12-16)22-11-10-20-14-22)23(17-7-8-17)13-15-4-2-1-3-5-15/h1-6,9-12,14,17H,7-8,13H2. The summed E-state index contributed by atoms with van der Waals surface area (Å²) >= 11 is 0. The Hall–Kier alpha value is -2.95. The Morgan fingerprint density at radius 1 is 1.17 bits per heavy atom. The van der Waals surface area contributed by atoms with Crippen LogP contribution in [0.15, 0.2) is 67.4 Å². The Morgan fingerprint density at radius 3 is 2.62 bits per heavy atom. The minimum Gasteiger partial charge on any atom is -0.331 e. The Balaban J connectivity index is 1.54. The van der Waals surface area contributed by atoms with Gasteiger partial charge in [0.2, 0.25) is 0 Å². The van der Waals surface area contributed by atoms with E-state index in [0.29, 0.717) is 18.2 Å². The van der Waals surface area contributed by atoms with Crippen molar-refractivity contribution in [1.82, 2.24) is 19.4 Å². The number of benzene rings is 1. The third-order valence-corrected chi connectivity index (χ3v) is 4.21. The van der Waals surface area contributed by atoms with E-state index >= 15 is 0 Å². The van der Waals surface area contributed by atoms with Crippen LogP contribution in [0.5, 0.6) is 0 Å². The zero-order valence-corrected chi connectivity index (χ0v) is 13.2. The van der Waals surface area contributed by atoms with Crippen LogP contribution in [0.3, 0.4) is 0 Å². The topological polar surface area (TPSA) is 51.0 Å². The Kier molecular flexibility index (Phi) is 3.83.